The van der Waals surface area contributed by atoms with Crippen LogP contribution in [0.5, 0.6) is 5.75 Å². The number of benzene rings is 1. The second-order valence-corrected chi connectivity index (χ2v) is 3.49. The van der Waals surface area contributed by atoms with E-state index in [1.165, 1.54) is 0 Å². The van der Waals surface area contributed by atoms with Gasteiger partial charge in [-0.15, -0.1) is 0 Å². The first kappa shape index (κ1) is 9.55. The predicted molar refractivity (Wildman–Crippen MR) is 53.0 cm³/mol. The summed E-state index contributed by atoms with van der Waals surface area (Å²) in [6.45, 7) is 2.02. The molecule has 0 aromatic heterocycles. The van der Waals surface area contributed by atoms with Gasteiger partial charge in [-0.2, -0.15) is 0 Å². The zero-order valence-electron chi connectivity index (χ0n) is 6.92. The van der Waals surface area contributed by atoms with Gasteiger partial charge in [-0.1, -0.05) is 19.1 Å². The molecular formula is C9H12BrNO. The lowest BCUT2D eigenvalue weighted by atomic mass is 10.1. The van der Waals surface area contributed by atoms with Crippen LogP contribution in [0.3, 0.4) is 0 Å². The average Bonchev–Trinajstić information content (AvgIpc) is 2.08. The van der Waals surface area contributed by atoms with E-state index in [2.05, 4.69) is 15.9 Å². The van der Waals surface area contributed by atoms with E-state index < -0.39 is 0 Å². The maximum absolute atomic E-state index is 9.34. The van der Waals surface area contributed by atoms with Gasteiger partial charge in [-0.3, -0.25) is 0 Å². The third-order valence-electron chi connectivity index (χ3n) is 1.85. The third kappa shape index (κ3) is 1.79. The highest BCUT2D eigenvalue weighted by atomic mass is 79.9. The zero-order valence-corrected chi connectivity index (χ0v) is 8.51. The van der Waals surface area contributed by atoms with E-state index in [1.807, 2.05) is 13.0 Å². The lowest BCUT2D eigenvalue weighted by Crippen LogP contribution is -2.09. The van der Waals surface area contributed by atoms with Crippen molar-refractivity contribution in [1.29, 1.82) is 0 Å². The van der Waals surface area contributed by atoms with Gasteiger partial charge in [0.1, 0.15) is 5.75 Å². The van der Waals surface area contributed by atoms with Crippen molar-refractivity contribution in [3.8, 4) is 5.75 Å². The Morgan fingerprint density at radius 1 is 1.58 bits per heavy atom. The average molecular weight is 230 g/mol. The van der Waals surface area contributed by atoms with E-state index in [0.29, 0.717) is 4.47 Å². The van der Waals surface area contributed by atoms with Gasteiger partial charge in [0.05, 0.1) is 4.47 Å². The van der Waals surface area contributed by atoms with Crippen LogP contribution in [0.25, 0.3) is 0 Å². The Morgan fingerprint density at radius 2 is 2.25 bits per heavy atom. The molecule has 3 N–H and O–H groups in total. The molecule has 1 aromatic rings. The Labute approximate surface area is 80.5 Å². The van der Waals surface area contributed by atoms with E-state index >= 15 is 0 Å². The maximum atomic E-state index is 9.34. The van der Waals surface area contributed by atoms with Crippen molar-refractivity contribution in [3.05, 3.63) is 28.2 Å². The molecule has 0 amide bonds. The standard InChI is InChI=1S/C9H12BrNO/c1-2-7(11)6-4-3-5-8(12)9(6)10/h3-5,7,12H,2,11H2,1H3/t7-/m0/s1. The van der Waals surface area contributed by atoms with Gasteiger partial charge in [-0.05, 0) is 34.0 Å². The van der Waals surface area contributed by atoms with Crippen molar-refractivity contribution in [2.75, 3.05) is 0 Å². The summed E-state index contributed by atoms with van der Waals surface area (Å²) in [6, 6.07) is 5.34. The molecule has 0 aliphatic rings. The van der Waals surface area contributed by atoms with Crippen molar-refractivity contribution in [2.45, 2.75) is 19.4 Å². The summed E-state index contributed by atoms with van der Waals surface area (Å²) < 4.78 is 0.708. The van der Waals surface area contributed by atoms with Crippen LogP contribution in [-0.4, -0.2) is 5.11 Å². The first-order valence-electron chi connectivity index (χ1n) is 3.89. The molecule has 0 unspecified atom stereocenters. The fourth-order valence-corrected chi connectivity index (χ4v) is 1.60. The molecule has 0 spiro atoms. The van der Waals surface area contributed by atoms with Crippen LogP contribution in [0.2, 0.25) is 0 Å². The molecule has 0 saturated heterocycles. The predicted octanol–water partition coefficient (Wildman–Crippen LogP) is 2.56. The van der Waals surface area contributed by atoms with Crippen LogP contribution in [0.1, 0.15) is 24.9 Å². The third-order valence-corrected chi connectivity index (χ3v) is 2.71. The molecule has 12 heavy (non-hydrogen) atoms. The molecule has 2 nitrogen and oxygen atoms in total. The number of hydrogen-bond donors (Lipinski definition) is 2. The number of halogens is 1. The monoisotopic (exact) mass is 229 g/mol. The number of nitrogens with two attached hydrogens (primary N) is 1. The Kier molecular flexibility index (Phi) is 3.12. The van der Waals surface area contributed by atoms with Gasteiger partial charge in [-0.25, -0.2) is 0 Å². The lowest BCUT2D eigenvalue weighted by Gasteiger charge is -2.11. The lowest BCUT2D eigenvalue weighted by molar-refractivity contribution is 0.469. The molecule has 0 aliphatic heterocycles. The summed E-state index contributed by atoms with van der Waals surface area (Å²) in [5.41, 5.74) is 6.78. The van der Waals surface area contributed by atoms with Crippen LogP contribution in [0, 0.1) is 0 Å². The number of phenols is 1. The second-order valence-electron chi connectivity index (χ2n) is 2.70. The quantitative estimate of drug-likeness (QED) is 0.820. The molecule has 0 heterocycles. The Bertz CT molecular complexity index is 275. The fourth-order valence-electron chi connectivity index (χ4n) is 1.04. The number of phenolic OH excluding ortho intramolecular Hbond substituents is 1. The molecule has 0 aliphatic carbocycles. The van der Waals surface area contributed by atoms with Gasteiger partial charge >= 0.3 is 0 Å². The van der Waals surface area contributed by atoms with Gasteiger partial charge in [0.25, 0.3) is 0 Å². The molecule has 66 valence electrons. The Balaban J connectivity index is 3.07. The number of hydrogen-bond acceptors (Lipinski definition) is 2. The molecule has 0 radical (unpaired) electrons. The SMILES string of the molecule is CC[C@H](N)c1cccc(O)c1Br. The molecule has 0 fully saturated rings. The number of aromatic hydroxyl groups is 1. The zero-order chi connectivity index (χ0) is 9.14. The fraction of sp³-hybridized carbons (Fsp3) is 0.333. The Morgan fingerprint density at radius 3 is 2.83 bits per heavy atom. The van der Waals surface area contributed by atoms with Gasteiger partial charge in [0.15, 0.2) is 0 Å². The highest BCUT2D eigenvalue weighted by molar-refractivity contribution is 9.10. The summed E-state index contributed by atoms with van der Waals surface area (Å²) in [4.78, 5) is 0. The summed E-state index contributed by atoms with van der Waals surface area (Å²) in [5.74, 6) is 0.247. The highest BCUT2D eigenvalue weighted by Gasteiger charge is 2.09. The van der Waals surface area contributed by atoms with Crippen LogP contribution in [0.4, 0.5) is 0 Å². The van der Waals surface area contributed by atoms with Gasteiger partial charge in [0.2, 0.25) is 0 Å². The molecule has 1 rings (SSSR count). The molecular weight excluding hydrogens is 218 g/mol. The van der Waals surface area contributed by atoms with Crippen LogP contribution in [-0.2, 0) is 0 Å². The van der Waals surface area contributed by atoms with E-state index in [1.54, 1.807) is 12.1 Å². The summed E-state index contributed by atoms with van der Waals surface area (Å²) in [6.07, 6.45) is 0.863. The van der Waals surface area contributed by atoms with E-state index in [0.717, 1.165) is 12.0 Å². The van der Waals surface area contributed by atoms with Crippen LogP contribution in [0.15, 0.2) is 22.7 Å². The summed E-state index contributed by atoms with van der Waals surface area (Å²) in [7, 11) is 0. The van der Waals surface area contributed by atoms with E-state index in [-0.39, 0.29) is 11.8 Å². The van der Waals surface area contributed by atoms with Gasteiger partial charge < -0.3 is 10.8 Å². The maximum Gasteiger partial charge on any atom is 0.130 e. The summed E-state index contributed by atoms with van der Waals surface area (Å²) in [5, 5.41) is 9.34. The largest absolute Gasteiger partial charge is 0.507 e. The van der Waals surface area contributed by atoms with Crippen LogP contribution < -0.4 is 5.73 Å². The molecule has 1 atom stereocenters. The minimum Gasteiger partial charge on any atom is -0.507 e. The van der Waals surface area contributed by atoms with Crippen molar-refractivity contribution in [1.82, 2.24) is 0 Å². The van der Waals surface area contributed by atoms with Crippen molar-refractivity contribution < 1.29 is 5.11 Å². The van der Waals surface area contributed by atoms with Crippen molar-refractivity contribution in [3.63, 3.8) is 0 Å². The first-order chi connectivity index (χ1) is 5.66. The topological polar surface area (TPSA) is 46.2 Å². The summed E-state index contributed by atoms with van der Waals surface area (Å²) >= 11 is 3.29. The normalized spacial score (nSPS) is 12.9. The van der Waals surface area contributed by atoms with Crippen LogP contribution >= 0.6 is 15.9 Å². The minimum absolute atomic E-state index is 0.00789. The highest BCUT2D eigenvalue weighted by Crippen LogP contribution is 2.31. The van der Waals surface area contributed by atoms with E-state index in [4.69, 9.17) is 5.73 Å². The second kappa shape index (κ2) is 3.92. The molecule has 0 bridgehead atoms. The first-order valence-corrected chi connectivity index (χ1v) is 4.69. The molecule has 3 heteroatoms. The molecule has 0 saturated carbocycles. The Hall–Kier alpha value is -0.540. The van der Waals surface area contributed by atoms with Crippen molar-refractivity contribution >= 4 is 15.9 Å². The smallest absolute Gasteiger partial charge is 0.130 e. The van der Waals surface area contributed by atoms with E-state index in [9.17, 15) is 5.11 Å². The molecule has 1 aromatic carbocycles. The minimum atomic E-state index is -0.00789. The number of rotatable bonds is 2. The van der Waals surface area contributed by atoms with Crippen molar-refractivity contribution in [2.24, 2.45) is 5.73 Å². The van der Waals surface area contributed by atoms with Gasteiger partial charge in [0, 0.05) is 6.04 Å².